The van der Waals surface area contributed by atoms with Crippen molar-refractivity contribution >= 4 is 42.8 Å². The molecule has 0 saturated carbocycles. The first kappa shape index (κ1) is 29.2. The second kappa shape index (κ2) is 17.9. The predicted molar refractivity (Wildman–Crippen MR) is 124 cm³/mol. The molecular formula is C18H44O6Se2Si2. The maximum atomic E-state index is 5.96. The molecule has 0 aromatic carbocycles. The topological polar surface area (TPSA) is 55.4 Å². The van der Waals surface area contributed by atoms with Gasteiger partial charge in [0.25, 0.3) is 0 Å². The molecule has 0 rings (SSSR count). The number of rotatable bonds is 20. The molecule has 6 nitrogen and oxygen atoms in total. The first-order valence-electron chi connectivity index (χ1n) is 10.8. The molecule has 0 aliphatic carbocycles. The Bertz CT molecular complexity index is 336. The predicted octanol–water partition coefficient (Wildman–Crippen LogP) is 3.49. The zero-order valence-electron chi connectivity index (χ0n) is 18.8. The van der Waals surface area contributed by atoms with Gasteiger partial charge in [0.1, 0.15) is 0 Å². The monoisotopic (exact) mass is 572 g/mol. The molecule has 0 saturated heterocycles. The molecule has 0 fully saturated rings. The third kappa shape index (κ3) is 12.2. The summed E-state index contributed by atoms with van der Waals surface area (Å²) in [4.78, 5) is 0. The Morgan fingerprint density at radius 3 is 1.00 bits per heavy atom. The molecule has 0 aliphatic heterocycles. The first-order chi connectivity index (χ1) is 13.5. The van der Waals surface area contributed by atoms with Gasteiger partial charge in [0, 0.05) is 0 Å². The van der Waals surface area contributed by atoms with Gasteiger partial charge in [-0.25, -0.2) is 0 Å². The van der Waals surface area contributed by atoms with Gasteiger partial charge in [-0.2, -0.15) is 0 Å². The van der Waals surface area contributed by atoms with Gasteiger partial charge >= 0.3 is 186 Å². The van der Waals surface area contributed by atoms with Crippen LogP contribution in [0.15, 0.2) is 0 Å². The molecule has 0 N–H and O–H groups in total. The summed E-state index contributed by atoms with van der Waals surface area (Å²) in [6.07, 6.45) is 2.22. The summed E-state index contributed by atoms with van der Waals surface area (Å²) in [5, 5.41) is 2.52. The fourth-order valence-electron chi connectivity index (χ4n) is 3.13. The van der Waals surface area contributed by atoms with Crippen molar-refractivity contribution < 1.29 is 26.6 Å². The molecule has 172 valence electrons. The first-order valence-corrected chi connectivity index (χ1v) is 23.0. The van der Waals surface area contributed by atoms with E-state index in [1.165, 1.54) is 10.6 Å². The molecule has 0 spiro atoms. The van der Waals surface area contributed by atoms with Gasteiger partial charge in [0.15, 0.2) is 0 Å². The van der Waals surface area contributed by atoms with Crippen molar-refractivity contribution in [3.63, 3.8) is 0 Å². The minimum atomic E-state index is -2.50. The Morgan fingerprint density at radius 2 is 0.786 bits per heavy atom. The number of hydrogen-bond donors (Lipinski definition) is 0. The van der Waals surface area contributed by atoms with Gasteiger partial charge < -0.3 is 0 Å². The van der Waals surface area contributed by atoms with Crippen LogP contribution in [-0.4, -0.2) is 82.4 Å². The van der Waals surface area contributed by atoms with Gasteiger partial charge in [-0.3, -0.25) is 0 Å². The third-order valence-electron chi connectivity index (χ3n) is 4.06. The Balaban J connectivity index is 4.48. The van der Waals surface area contributed by atoms with Crippen LogP contribution in [0.1, 0.15) is 54.4 Å². The summed E-state index contributed by atoms with van der Waals surface area (Å²) < 4.78 is 35.7. The molecule has 0 heterocycles. The van der Waals surface area contributed by atoms with Crippen molar-refractivity contribution in [1.29, 1.82) is 0 Å². The van der Waals surface area contributed by atoms with Crippen LogP contribution in [0.2, 0.25) is 22.7 Å². The van der Waals surface area contributed by atoms with Crippen LogP contribution in [0.3, 0.4) is 0 Å². The van der Waals surface area contributed by atoms with Crippen LogP contribution in [0.25, 0.3) is 0 Å². The Kier molecular flexibility index (Phi) is 18.7. The van der Waals surface area contributed by atoms with E-state index >= 15 is 0 Å². The molecule has 0 amide bonds. The van der Waals surface area contributed by atoms with Gasteiger partial charge in [0.05, 0.1) is 0 Å². The molecule has 0 bridgehead atoms. The Labute approximate surface area is 185 Å². The molecule has 0 aromatic heterocycles. The summed E-state index contributed by atoms with van der Waals surface area (Å²) in [5.74, 6) is 0. The van der Waals surface area contributed by atoms with E-state index < -0.39 is 29.2 Å². The average molecular weight is 571 g/mol. The molecule has 0 radical (unpaired) electrons. The van der Waals surface area contributed by atoms with Crippen molar-refractivity contribution in [3.05, 3.63) is 0 Å². The molecule has 10 heteroatoms. The van der Waals surface area contributed by atoms with Crippen LogP contribution in [-0.2, 0) is 26.6 Å². The fourth-order valence-corrected chi connectivity index (χ4v) is 15.9. The van der Waals surface area contributed by atoms with Crippen LogP contribution in [0.4, 0.5) is 0 Å². The molecule has 0 unspecified atom stereocenters. The van der Waals surface area contributed by atoms with E-state index in [0.717, 1.165) is 24.9 Å². The fraction of sp³-hybridized carbons (Fsp3) is 1.00. The zero-order valence-corrected chi connectivity index (χ0v) is 24.7. The quantitative estimate of drug-likeness (QED) is 0.209. The standard InChI is InChI=1S/C18H44O6Se2Si2/c1-7-19-27(20-8-2,21-9-3)17-13-15-26(25)16-14-18-28(22-10-4,23-11-5)24-12-6/h7-18,26H2,1-6H3. The molecule has 0 aliphatic rings. The Hall–Kier alpha value is 1.23. The molecule has 0 aromatic rings. The second-order valence-electron chi connectivity index (χ2n) is 6.21. The van der Waals surface area contributed by atoms with Crippen molar-refractivity contribution in [1.82, 2.24) is 0 Å². The normalized spacial score (nSPS) is 13.1. The summed E-state index contributed by atoms with van der Waals surface area (Å²) in [6.45, 7) is 15.9. The second-order valence-corrected chi connectivity index (χ2v) is 22.3. The van der Waals surface area contributed by atoms with E-state index in [9.17, 15) is 0 Å². The minimum absolute atomic E-state index is 0.645. The van der Waals surface area contributed by atoms with Crippen molar-refractivity contribution in [2.75, 3.05) is 39.6 Å². The molecular weight excluding hydrogens is 526 g/mol. The van der Waals surface area contributed by atoms with Gasteiger partial charge in [-0.1, -0.05) is 0 Å². The van der Waals surface area contributed by atoms with Crippen LogP contribution in [0.5, 0.6) is 0 Å². The van der Waals surface area contributed by atoms with E-state index in [4.69, 9.17) is 26.6 Å². The van der Waals surface area contributed by atoms with E-state index in [1.807, 2.05) is 41.5 Å². The van der Waals surface area contributed by atoms with Gasteiger partial charge in [-0.05, 0) is 0 Å². The average Bonchev–Trinajstić information content (AvgIpc) is 2.63. The molecule has 0 atom stereocenters. The van der Waals surface area contributed by atoms with Crippen LogP contribution < -0.4 is 0 Å². The van der Waals surface area contributed by atoms with Crippen molar-refractivity contribution in [3.8, 4) is 0 Å². The van der Waals surface area contributed by atoms with Gasteiger partial charge in [-0.15, -0.1) is 0 Å². The summed E-state index contributed by atoms with van der Waals surface area (Å²) in [7, 11) is -4.99. The van der Waals surface area contributed by atoms with Crippen molar-refractivity contribution in [2.45, 2.75) is 77.1 Å². The molecule has 28 heavy (non-hydrogen) atoms. The van der Waals surface area contributed by atoms with Crippen LogP contribution in [0, 0.1) is 0 Å². The van der Waals surface area contributed by atoms with E-state index in [1.54, 1.807) is 0 Å². The SMILES string of the molecule is CCO[Si](CCC[SeH2](=[Se])CCC[Si](OCC)(OCC)OCC)(OCC)OCC. The van der Waals surface area contributed by atoms with Crippen molar-refractivity contribution in [2.24, 2.45) is 0 Å². The number of hydrogen-bond acceptors (Lipinski definition) is 6. The van der Waals surface area contributed by atoms with Crippen LogP contribution >= 0.6 is 0 Å². The summed E-state index contributed by atoms with van der Waals surface area (Å²) >= 11 is 2.30. The summed E-state index contributed by atoms with van der Waals surface area (Å²) in [5.41, 5.74) is 0. The van der Waals surface area contributed by atoms with E-state index in [2.05, 4.69) is 13.7 Å². The van der Waals surface area contributed by atoms with E-state index in [0.29, 0.717) is 39.6 Å². The Morgan fingerprint density at radius 1 is 0.536 bits per heavy atom. The summed E-state index contributed by atoms with van der Waals surface area (Å²) in [6, 6.07) is 1.83. The van der Waals surface area contributed by atoms with Gasteiger partial charge in [0.2, 0.25) is 0 Å². The zero-order chi connectivity index (χ0) is 21.3. The van der Waals surface area contributed by atoms with E-state index in [-0.39, 0.29) is 0 Å². The third-order valence-corrected chi connectivity index (χ3v) is 18.6. The maximum absolute atomic E-state index is 5.96.